The molecule has 1 aliphatic heterocycles. The minimum Gasteiger partial charge on any atom is -0.492 e. The number of esters is 1. The summed E-state index contributed by atoms with van der Waals surface area (Å²) in [5.74, 6) is 0.560. The molecular weight excluding hydrogens is 505 g/mol. The van der Waals surface area contributed by atoms with E-state index < -0.39 is 6.10 Å². The Balaban J connectivity index is 1.32. The Morgan fingerprint density at radius 3 is 2.65 bits per heavy atom. The predicted molar refractivity (Wildman–Crippen MR) is 155 cm³/mol. The molecule has 40 heavy (non-hydrogen) atoms. The molecule has 1 aromatic heterocycles. The van der Waals surface area contributed by atoms with E-state index in [0.717, 1.165) is 51.8 Å². The molecular formula is C34H34FNO4. The molecule has 0 saturated carbocycles. The van der Waals surface area contributed by atoms with Gasteiger partial charge < -0.3 is 14.2 Å². The van der Waals surface area contributed by atoms with Crippen molar-refractivity contribution < 1.29 is 23.4 Å². The third kappa shape index (κ3) is 5.86. The van der Waals surface area contributed by atoms with Gasteiger partial charge in [-0.25, -0.2) is 4.39 Å². The van der Waals surface area contributed by atoms with Gasteiger partial charge in [0.1, 0.15) is 23.4 Å². The van der Waals surface area contributed by atoms with Gasteiger partial charge in [0.15, 0.2) is 0 Å². The van der Waals surface area contributed by atoms with Crippen LogP contribution in [0, 0.1) is 13.8 Å². The molecule has 0 spiro atoms. The van der Waals surface area contributed by atoms with Gasteiger partial charge in [0.2, 0.25) is 0 Å². The lowest BCUT2D eigenvalue weighted by Gasteiger charge is -2.21. The second-order valence-electron chi connectivity index (χ2n) is 10.4. The Labute approximate surface area is 235 Å². The standard InChI is InChI=1S/C34H34FNO4/c1-21-15-26(25-8-6-14-36-19-25)16-22(2)34(21)24-7-5-9-31(23(3)30(35)13-10-24)40-28-11-12-29-27(17-33(37)38-4)20-39-32(29)18-28/h6,8,10-16,18-19,27,31H,3,5,7,9,17,20H2,1-2,4H3/b24-10+,30-13+/t27-,31-/m1/s1. The highest BCUT2D eigenvalue weighted by atomic mass is 19.1. The van der Waals surface area contributed by atoms with Crippen molar-refractivity contribution >= 4 is 11.5 Å². The number of ether oxygens (including phenoxy) is 3. The number of nitrogens with zero attached hydrogens (tertiary/aromatic N) is 1. The van der Waals surface area contributed by atoms with Gasteiger partial charge in [-0.05, 0) is 79.1 Å². The maximum atomic E-state index is 15.3. The van der Waals surface area contributed by atoms with Gasteiger partial charge in [-0.2, -0.15) is 0 Å². The van der Waals surface area contributed by atoms with Crippen LogP contribution in [0.15, 0.2) is 85.0 Å². The summed E-state index contributed by atoms with van der Waals surface area (Å²) in [4.78, 5) is 16.0. The van der Waals surface area contributed by atoms with Crippen molar-refractivity contribution in [2.24, 2.45) is 0 Å². The molecule has 0 saturated heterocycles. The van der Waals surface area contributed by atoms with Crippen molar-refractivity contribution in [3.05, 3.63) is 107 Å². The third-order valence-corrected chi connectivity index (χ3v) is 7.67. The van der Waals surface area contributed by atoms with E-state index in [4.69, 9.17) is 14.2 Å². The summed E-state index contributed by atoms with van der Waals surface area (Å²) in [6, 6.07) is 13.9. The largest absolute Gasteiger partial charge is 0.492 e. The fraction of sp³-hybridized carbons (Fsp3) is 0.294. The lowest BCUT2D eigenvalue weighted by Crippen LogP contribution is -2.19. The van der Waals surface area contributed by atoms with Crippen molar-refractivity contribution in [2.75, 3.05) is 13.7 Å². The number of hydrogen-bond donors (Lipinski definition) is 0. The first-order valence-corrected chi connectivity index (χ1v) is 13.6. The molecule has 0 amide bonds. The van der Waals surface area contributed by atoms with Crippen molar-refractivity contribution in [1.82, 2.24) is 4.98 Å². The third-order valence-electron chi connectivity index (χ3n) is 7.67. The van der Waals surface area contributed by atoms with Crippen molar-refractivity contribution in [3.8, 4) is 22.6 Å². The fourth-order valence-corrected chi connectivity index (χ4v) is 5.63. The van der Waals surface area contributed by atoms with Crippen LogP contribution in [-0.4, -0.2) is 30.8 Å². The number of pyridine rings is 1. The lowest BCUT2D eigenvalue weighted by molar-refractivity contribution is -0.141. The number of hydrogen-bond acceptors (Lipinski definition) is 5. The number of carbonyl (C=O) groups is 1. The summed E-state index contributed by atoms with van der Waals surface area (Å²) >= 11 is 0. The molecule has 2 heterocycles. The van der Waals surface area contributed by atoms with Crippen LogP contribution in [0.3, 0.4) is 0 Å². The zero-order chi connectivity index (χ0) is 28.2. The maximum absolute atomic E-state index is 15.3. The van der Waals surface area contributed by atoms with Crippen LogP contribution >= 0.6 is 0 Å². The van der Waals surface area contributed by atoms with Gasteiger partial charge in [0.05, 0.1) is 20.1 Å². The van der Waals surface area contributed by atoms with E-state index in [1.54, 1.807) is 6.20 Å². The summed E-state index contributed by atoms with van der Waals surface area (Å²) in [7, 11) is 1.38. The Hall–Kier alpha value is -4.19. The van der Waals surface area contributed by atoms with E-state index in [1.165, 1.54) is 13.2 Å². The number of allylic oxidation sites excluding steroid dienone is 3. The summed E-state index contributed by atoms with van der Waals surface area (Å²) < 4.78 is 32.2. The average Bonchev–Trinajstić information content (AvgIpc) is 3.37. The van der Waals surface area contributed by atoms with Gasteiger partial charge in [0, 0.05) is 41.1 Å². The van der Waals surface area contributed by atoms with E-state index >= 15 is 4.39 Å². The molecule has 0 N–H and O–H groups in total. The number of carbonyl (C=O) groups excluding carboxylic acids is 1. The molecule has 5 nitrogen and oxygen atoms in total. The normalized spacial score (nSPS) is 21.4. The summed E-state index contributed by atoms with van der Waals surface area (Å²) in [5, 5.41) is 0. The number of fused-ring (bicyclic) bond motifs is 1. The minimum absolute atomic E-state index is 0.0495. The van der Waals surface area contributed by atoms with Gasteiger partial charge in [-0.1, -0.05) is 36.9 Å². The molecule has 0 bridgehead atoms. The second kappa shape index (κ2) is 11.9. The molecule has 0 fully saturated rings. The summed E-state index contributed by atoms with van der Waals surface area (Å²) in [6.07, 6.45) is 8.99. The Morgan fingerprint density at radius 1 is 1.12 bits per heavy atom. The van der Waals surface area contributed by atoms with Crippen molar-refractivity contribution in [2.45, 2.75) is 51.6 Å². The molecule has 5 rings (SSSR count). The number of rotatable bonds is 6. The second-order valence-corrected chi connectivity index (χ2v) is 10.4. The van der Waals surface area contributed by atoms with Crippen LogP contribution in [-0.2, 0) is 9.53 Å². The van der Waals surface area contributed by atoms with E-state index in [2.05, 4.69) is 43.6 Å². The smallest absolute Gasteiger partial charge is 0.306 e. The first-order valence-electron chi connectivity index (χ1n) is 13.6. The quantitative estimate of drug-likeness (QED) is 0.299. The van der Waals surface area contributed by atoms with Crippen LogP contribution in [0.25, 0.3) is 16.7 Å². The van der Waals surface area contributed by atoms with E-state index in [1.807, 2.05) is 36.5 Å². The minimum atomic E-state index is -0.510. The van der Waals surface area contributed by atoms with Crippen LogP contribution in [0.4, 0.5) is 4.39 Å². The van der Waals surface area contributed by atoms with E-state index in [0.29, 0.717) is 30.1 Å². The van der Waals surface area contributed by atoms with Crippen molar-refractivity contribution in [1.29, 1.82) is 0 Å². The summed E-state index contributed by atoms with van der Waals surface area (Å²) in [5.41, 5.74) is 8.00. The van der Waals surface area contributed by atoms with Gasteiger partial charge in [-0.15, -0.1) is 0 Å². The first kappa shape index (κ1) is 27.4. The molecule has 6 heteroatoms. The van der Waals surface area contributed by atoms with Crippen LogP contribution in [0.1, 0.15) is 53.9 Å². The Morgan fingerprint density at radius 2 is 1.93 bits per heavy atom. The SMILES string of the molecule is C=C1/C(F)=C\C=C(\c2c(C)cc(-c3cccnc3)cc2C)CCC[C@H]1Oc1ccc2c(c1)OC[C@H]2CC(=O)OC. The first-order chi connectivity index (χ1) is 19.3. The number of methoxy groups -OCH3 is 1. The van der Waals surface area contributed by atoms with Crippen molar-refractivity contribution in [3.63, 3.8) is 0 Å². The summed E-state index contributed by atoms with van der Waals surface area (Å²) in [6.45, 7) is 8.66. The molecule has 206 valence electrons. The molecule has 2 aromatic carbocycles. The van der Waals surface area contributed by atoms with Crippen LogP contribution in [0.2, 0.25) is 0 Å². The number of aromatic nitrogens is 1. The van der Waals surface area contributed by atoms with E-state index in [-0.39, 0.29) is 24.1 Å². The van der Waals surface area contributed by atoms with Gasteiger partial charge in [-0.3, -0.25) is 9.78 Å². The highest BCUT2D eigenvalue weighted by molar-refractivity contribution is 5.76. The highest BCUT2D eigenvalue weighted by Crippen LogP contribution is 2.40. The van der Waals surface area contributed by atoms with E-state index in [9.17, 15) is 4.79 Å². The predicted octanol–water partition coefficient (Wildman–Crippen LogP) is 7.83. The Bertz CT molecular complexity index is 1470. The van der Waals surface area contributed by atoms with Crippen LogP contribution < -0.4 is 9.47 Å². The van der Waals surface area contributed by atoms with Gasteiger partial charge >= 0.3 is 5.97 Å². The topological polar surface area (TPSA) is 57.7 Å². The lowest BCUT2D eigenvalue weighted by atomic mass is 9.89. The number of halogens is 1. The number of aryl methyl sites for hydroxylation is 2. The zero-order valence-corrected chi connectivity index (χ0v) is 23.2. The monoisotopic (exact) mass is 539 g/mol. The fourth-order valence-electron chi connectivity index (χ4n) is 5.63. The zero-order valence-electron chi connectivity index (χ0n) is 23.2. The maximum Gasteiger partial charge on any atom is 0.306 e. The molecule has 2 atom stereocenters. The molecule has 3 aromatic rings. The highest BCUT2D eigenvalue weighted by Gasteiger charge is 2.28. The molecule has 0 unspecified atom stereocenters. The van der Waals surface area contributed by atoms with Gasteiger partial charge in [0.25, 0.3) is 0 Å². The molecule has 2 aliphatic rings. The molecule has 0 radical (unpaired) electrons. The Kier molecular flexibility index (Phi) is 8.15. The molecule has 1 aliphatic carbocycles. The average molecular weight is 540 g/mol. The number of benzene rings is 2. The van der Waals surface area contributed by atoms with Crippen LogP contribution in [0.5, 0.6) is 11.5 Å².